The van der Waals surface area contributed by atoms with E-state index in [1.807, 2.05) is 25.1 Å². The Morgan fingerprint density at radius 2 is 2.25 bits per heavy atom. The highest BCUT2D eigenvalue weighted by Crippen LogP contribution is 2.19. The number of nitrogens with one attached hydrogen (secondary N) is 1. The van der Waals surface area contributed by atoms with E-state index in [4.69, 9.17) is 0 Å². The SMILES string of the molecule is Cc1ccc(-n2ccnc2)c(C(=O)NCC2CCCS(=O)(=O)C2)c1. The Hall–Kier alpha value is -2.15. The minimum atomic E-state index is -2.96. The van der Waals surface area contributed by atoms with E-state index in [9.17, 15) is 13.2 Å². The molecule has 0 bridgehead atoms. The molecule has 1 aliphatic heterocycles. The lowest BCUT2D eigenvalue weighted by Crippen LogP contribution is -2.36. The summed E-state index contributed by atoms with van der Waals surface area (Å²) in [5.41, 5.74) is 2.31. The average Bonchev–Trinajstić information content (AvgIpc) is 3.06. The first-order valence-corrected chi connectivity index (χ1v) is 9.84. The number of aromatic nitrogens is 2. The van der Waals surface area contributed by atoms with Gasteiger partial charge in [0.15, 0.2) is 9.84 Å². The zero-order valence-corrected chi connectivity index (χ0v) is 14.4. The lowest BCUT2D eigenvalue weighted by molar-refractivity contribution is 0.0947. The van der Waals surface area contributed by atoms with Gasteiger partial charge in [-0.3, -0.25) is 4.79 Å². The first kappa shape index (κ1) is 16.7. The van der Waals surface area contributed by atoms with E-state index >= 15 is 0 Å². The zero-order valence-electron chi connectivity index (χ0n) is 13.6. The summed E-state index contributed by atoms with van der Waals surface area (Å²) in [7, 11) is -2.96. The number of carbonyl (C=O) groups excluding carboxylic acids is 1. The Bertz CT molecular complexity index is 829. The molecule has 1 unspecified atom stereocenters. The molecule has 7 heteroatoms. The Morgan fingerprint density at radius 3 is 2.96 bits per heavy atom. The molecule has 0 aliphatic carbocycles. The van der Waals surface area contributed by atoms with Gasteiger partial charge in [-0.1, -0.05) is 11.6 Å². The maximum Gasteiger partial charge on any atom is 0.253 e. The molecule has 0 radical (unpaired) electrons. The van der Waals surface area contributed by atoms with Crippen molar-refractivity contribution in [1.29, 1.82) is 0 Å². The molecule has 3 rings (SSSR count). The predicted octanol–water partition coefficient (Wildman–Crippen LogP) is 1.74. The summed E-state index contributed by atoms with van der Waals surface area (Å²) in [4.78, 5) is 16.6. The molecule has 1 amide bonds. The molecular formula is C17H21N3O3S. The van der Waals surface area contributed by atoms with E-state index in [1.165, 1.54) is 0 Å². The second-order valence-electron chi connectivity index (χ2n) is 6.32. The molecule has 6 nitrogen and oxygen atoms in total. The molecule has 0 spiro atoms. The monoisotopic (exact) mass is 347 g/mol. The Kier molecular flexibility index (Phi) is 4.71. The standard InChI is InChI=1S/C17H21N3O3S/c1-13-4-5-16(20-7-6-18-12-20)15(9-13)17(21)19-10-14-3-2-8-24(22,23)11-14/h4-7,9,12,14H,2-3,8,10-11H2,1H3,(H,19,21). The molecule has 1 aliphatic rings. The molecule has 128 valence electrons. The Morgan fingerprint density at radius 1 is 1.42 bits per heavy atom. The van der Waals surface area contributed by atoms with Crippen LogP contribution in [0, 0.1) is 12.8 Å². The number of sulfone groups is 1. The van der Waals surface area contributed by atoms with Crippen LogP contribution in [0.1, 0.15) is 28.8 Å². The van der Waals surface area contributed by atoms with Gasteiger partial charge in [0.05, 0.1) is 29.1 Å². The van der Waals surface area contributed by atoms with E-state index in [0.717, 1.165) is 17.7 Å². The molecule has 1 aromatic heterocycles. The van der Waals surface area contributed by atoms with Crippen molar-refractivity contribution in [2.75, 3.05) is 18.1 Å². The summed E-state index contributed by atoms with van der Waals surface area (Å²) in [6.45, 7) is 2.32. The fourth-order valence-electron chi connectivity index (χ4n) is 3.07. The fourth-order valence-corrected chi connectivity index (χ4v) is 4.85. The molecule has 0 saturated carbocycles. The molecule has 2 heterocycles. The normalized spacial score (nSPS) is 19.8. The lowest BCUT2D eigenvalue weighted by Gasteiger charge is -2.22. The number of carbonyl (C=O) groups is 1. The summed E-state index contributed by atoms with van der Waals surface area (Å²) in [5.74, 6) is 0.231. The number of rotatable bonds is 4. The van der Waals surface area contributed by atoms with E-state index in [0.29, 0.717) is 18.5 Å². The first-order valence-electron chi connectivity index (χ1n) is 8.02. The summed E-state index contributed by atoms with van der Waals surface area (Å²) >= 11 is 0. The van der Waals surface area contributed by atoms with Crippen LogP contribution in [-0.2, 0) is 9.84 Å². The summed E-state index contributed by atoms with van der Waals surface area (Å²) < 4.78 is 25.2. The number of hydrogen-bond acceptors (Lipinski definition) is 4. The molecule has 1 fully saturated rings. The van der Waals surface area contributed by atoms with E-state index in [1.54, 1.807) is 23.3 Å². The molecule has 1 atom stereocenters. The predicted molar refractivity (Wildman–Crippen MR) is 92.0 cm³/mol. The van der Waals surface area contributed by atoms with Crippen LogP contribution in [0.2, 0.25) is 0 Å². The summed E-state index contributed by atoms with van der Waals surface area (Å²) in [5, 5.41) is 2.90. The number of imidazole rings is 1. The number of nitrogens with zero attached hydrogens (tertiary/aromatic N) is 2. The second kappa shape index (κ2) is 6.76. The van der Waals surface area contributed by atoms with Gasteiger partial charge in [-0.25, -0.2) is 13.4 Å². The Balaban J connectivity index is 1.74. The van der Waals surface area contributed by atoms with Gasteiger partial charge in [0.1, 0.15) is 0 Å². The van der Waals surface area contributed by atoms with Crippen molar-refractivity contribution >= 4 is 15.7 Å². The van der Waals surface area contributed by atoms with Crippen molar-refractivity contribution in [3.8, 4) is 5.69 Å². The smallest absolute Gasteiger partial charge is 0.253 e. The van der Waals surface area contributed by atoms with Crippen molar-refractivity contribution in [2.45, 2.75) is 19.8 Å². The van der Waals surface area contributed by atoms with Crippen molar-refractivity contribution in [3.05, 3.63) is 48.0 Å². The van der Waals surface area contributed by atoms with Gasteiger partial charge in [0, 0.05) is 18.9 Å². The van der Waals surface area contributed by atoms with E-state index in [-0.39, 0.29) is 23.3 Å². The van der Waals surface area contributed by atoms with Crippen molar-refractivity contribution in [1.82, 2.24) is 14.9 Å². The van der Waals surface area contributed by atoms with E-state index < -0.39 is 9.84 Å². The second-order valence-corrected chi connectivity index (χ2v) is 8.55. The number of amides is 1. The minimum Gasteiger partial charge on any atom is -0.352 e. The zero-order chi connectivity index (χ0) is 17.2. The number of aryl methyl sites for hydroxylation is 1. The van der Waals surface area contributed by atoms with Gasteiger partial charge in [-0.2, -0.15) is 0 Å². The Labute approximate surface area is 141 Å². The van der Waals surface area contributed by atoms with Crippen molar-refractivity contribution in [2.24, 2.45) is 5.92 Å². The first-order chi connectivity index (χ1) is 11.4. The highest BCUT2D eigenvalue weighted by atomic mass is 32.2. The van der Waals surface area contributed by atoms with E-state index in [2.05, 4.69) is 10.3 Å². The van der Waals surface area contributed by atoms with Gasteiger partial charge in [0.25, 0.3) is 5.91 Å². The third-order valence-electron chi connectivity index (χ3n) is 4.29. The third kappa shape index (κ3) is 3.84. The molecule has 24 heavy (non-hydrogen) atoms. The van der Waals surface area contributed by atoms with Crippen LogP contribution < -0.4 is 5.32 Å². The third-order valence-corrected chi connectivity index (χ3v) is 6.18. The highest BCUT2D eigenvalue weighted by Gasteiger charge is 2.25. The van der Waals surface area contributed by atoms with Gasteiger partial charge in [-0.05, 0) is 37.8 Å². The van der Waals surface area contributed by atoms with Crippen LogP contribution in [0.15, 0.2) is 36.9 Å². The topological polar surface area (TPSA) is 81.1 Å². The van der Waals surface area contributed by atoms with Crippen LogP contribution in [0.5, 0.6) is 0 Å². The molecular weight excluding hydrogens is 326 g/mol. The lowest BCUT2D eigenvalue weighted by atomic mass is 10.0. The van der Waals surface area contributed by atoms with Gasteiger partial charge >= 0.3 is 0 Å². The summed E-state index contributed by atoms with van der Waals surface area (Å²) in [6, 6.07) is 5.67. The quantitative estimate of drug-likeness (QED) is 0.913. The largest absolute Gasteiger partial charge is 0.352 e. The van der Waals surface area contributed by atoms with Gasteiger partial charge < -0.3 is 9.88 Å². The maximum atomic E-state index is 12.6. The minimum absolute atomic E-state index is 0.00537. The van der Waals surface area contributed by atoms with Crippen molar-refractivity contribution in [3.63, 3.8) is 0 Å². The molecule has 1 saturated heterocycles. The van der Waals surface area contributed by atoms with Crippen LogP contribution in [0.4, 0.5) is 0 Å². The molecule has 1 N–H and O–H groups in total. The number of hydrogen-bond donors (Lipinski definition) is 1. The molecule has 1 aromatic carbocycles. The van der Waals surface area contributed by atoms with Crippen LogP contribution >= 0.6 is 0 Å². The van der Waals surface area contributed by atoms with Gasteiger partial charge in [-0.15, -0.1) is 0 Å². The summed E-state index contributed by atoms with van der Waals surface area (Å²) in [6.07, 6.45) is 6.61. The molecule has 2 aromatic rings. The van der Waals surface area contributed by atoms with Crippen LogP contribution in [0.3, 0.4) is 0 Å². The number of benzene rings is 1. The fraction of sp³-hybridized carbons (Fsp3) is 0.412. The average molecular weight is 347 g/mol. The van der Waals surface area contributed by atoms with Crippen LogP contribution in [0.25, 0.3) is 5.69 Å². The highest BCUT2D eigenvalue weighted by molar-refractivity contribution is 7.91. The maximum absolute atomic E-state index is 12.6. The van der Waals surface area contributed by atoms with Crippen molar-refractivity contribution < 1.29 is 13.2 Å². The van der Waals surface area contributed by atoms with Gasteiger partial charge in [0.2, 0.25) is 0 Å². The van der Waals surface area contributed by atoms with Crippen LogP contribution in [-0.4, -0.2) is 41.9 Å².